The zero-order valence-corrected chi connectivity index (χ0v) is 13.4. The molecule has 6 heteroatoms. The molecule has 122 valence electrons. The van der Waals surface area contributed by atoms with E-state index >= 15 is 0 Å². The molecule has 1 aromatic carbocycles. The summed E-state index contributed by atoms with van der Waals surface area (Å²) in [5.74, 6) is 1.45. The van der Waals surface area contributed by atoms with Crippen molar-refractivity contribution in [1.82, 2.24) is 14.9 Å². The number of hydrogen-bond donors (Lipinski definition) is 1. The monoisotopic (exact) mass is 315 g/mol. The number of nitrogens with zero attached hydrogens (tertiary/aromatic N) is 2. The van der Waals surface area contributed by atoms with Gasteiger partial charge < -0.3 is 19.4 Å². The minimum absolute atomic E-state index is 0.0524. The van der Waals surface area contributed by atoms with Crippen molar-refractivity contribution in [3.8, 4) is 5.75 Å². The van der Waals surface area contributed by atoms with Crippen LogP contribution >= 0.6 is 0 Å². The summed E-state index contributed by atoms with van der Waals surface area (Å²) in [6, 6.07) is 7.69. The lowest BCUT2D eigenvalue weighted by Crippen LogP contribution is -2.28. The van der Waals surface area contributed by atoms with Gasteiger partial charge in [-0.25, -0.2) is 4.98 Å². The van der Waals surface area contributed by atoms with Gasteiger partial charge >= 0.3 is 0 Å². The Hall–Kier alpha value is -2.34. The summed E-state index contributed by atoms with van der Waals surface area (Å²) in [6.45, 7) is 3.91. The van der Waals surface area contributed by atoms with Crippen molar-refractivity contribution >= 4 is 5.91 Å². The first-order valence-electron chi connectivity index (χ1n) is 7.80. The Morgan fingerprint density at radius 3 is 2.87 bits per heavy atom. The summed E-state index contributed by atoms with van der Waals surface area (Å²) >= 11 is 0. The molecule has 0 saturated heterocycles. The fraction of sp³-hybridized carbons (Fsp3) is 0.412. The highest BCUT2D eigenvalue weighted by molar-refractivity contribution is 5.92. The van der Waals surface area contributed by atoms with E-state index in [1.165, 1.54) is 0 Å². The predicted octanol–water partition coefficient (Wildman–Crippen LogP) is 2.30. The number of hydrogen-bond acceptors (Lipinski definition) is 4. The number of carbonyl (C=O) groups is 1. The number of fused-ring (bicyclic) bond motifs is 1. The Morgan fingerprint density at radius 2 is 2.22 bits per heavy atom. The Labute approximate surface area is 135 Å². The molecule has 0 bridgehead atoms. The first-order chi connectivity index (χ1) is 11.2. The molecule has 0 spiro atoms. The molecule has 0 unspecified atom stereocenters. The highest BCUT2D eigenvalue weighted by Crippen LogP contribution is 2.20. The highest BCUT2D eigenvalue weighted by atomic mass is 16.5. The summed E-state index contributed by atoms with van der Waals surface area (Å²) in [5, 5.41) is 3.05. The number of ether oxygens (including phenoxy) is 2. The Balaban J connectivity index is 1.72. The molecular weight excluding hydrogens is 294 g/mol. The van der Waals surface area contributed by atoms with Gasteiger partial charge in [0.1, 0.15) is 23.9 Å². The van der Waals surface area contributed by atoms with Gasteiger partial charge in [0.15, 0.2) is 0 Å². The van der Waals surface area contributed by atoms with Crippen LogP contribution < -0.4 is 10.1 Å². The Morgan fingerprint density at radius 1 is 1.43 bits per heavy atom. The van der Waals surface area contributed by atoms with Crippen molar-refractivity contribution in [3.63, 3.8) is 0 Å². The van der Waals surface area contributed by atoms with Crippen LogP contribution in [0.2, 0.25) is 0 Å². The van der Waals surface area contributed by atoms with Crippen molar-refractivity contribution < 1.29 is 14.3 Å². The lowest BCUT2D eigenvalue weighted by molar-refractivity contribution is 0.0815. The summed E-state index contributed by atoms with van der Waals surface area (Å²) in [5.41, 5.74) is 1.49. The van der Waals surface area contributed by atoms with Gasteiger partial charge in [-0.2, -0.15) is 0 Å². The van der Waals surface area contributed by atoms with Crippen molar-refractivity contribution in [2.75, 3.05) is 13.7 Å². The van der Waals surface area contributed by atoms with E-state index < -0.39 is 0 Å². The lowest BCUT2D eigenvalue weighted by Gasteiger charge is -2.17. The molecule has 1 atom stereocenters. The van der Waals surface area contributed by atoms with Crippen LogP contribution in [0.5, 0.6) is 5.75 Å². The average Bonchev–Trinajstić information content (AvgIpc) is 3.04. The highest BCUT2D eigenvalue weighted by Gasteiger charge is 2.19. The standard InChI is InChI=1S/C17H21N3O3/c1-3-14(12-4-6-13(22-2)7-5-12)19-17(21)15-10-20-8-9-23-11-16(20)18-15/h4-7,10,14H,3,8-9,11H2,1-2H3,(H,19,21)/t14-/m0/s1. The molecule has 1 amide bonds. The van der Waals surface area contributed by atoms with Crippen molar-refractivity contribution in [1.29, 1.82) is 0 Å². The van der Waals surface area contributed by atoms with Crippen molar-refractivity contribution in [2.24, 2.45) is 0 Å². The fourth-order valence-corrected chi connectivity index (χ4v) is 2.69. The van der Waals surface area contributed by atoms with E-state index in [9.17, 15) is 4.79 Å². The van der Waals surface area contributed by atoms with Crippen LogP contribution in [0.1, 0.15) is 41.3 Å². The Bertz CT molecular complexity index is 655. The molecule has 1 aromatic heterocycles. The first kappa shape index (κ1) is 15.6. The molecule has 2 heterocycles. The topological polar surface area (TPSA) is 65.4 Å². The molecule has 1 aliphatic rings. The second-order valence-corrected chi connectivity index (χ2v) is 5.50. The van der Waals surface area contributed by atoms with E-state index in [2.05, 4.69) is 10.3 Å². The summed E-state index contributed by atoms with van der Waals surface area (Å²) in [4.78, 5) is 16.8. The maximum atomic E-state index is 12.5. The van der Waals surface area contributed by atoms with Crippen LogP contribution in [-0.4, -0.2) is 29.2 Å². The van der Waals surface area contributed by atoms with E-state index in [1.54, 1.807) is 13.3 Å². The number of methoxy groups -OCH3 is 1. The summed E-state index contributed by atoms with van der Waals surface area (Å²) in [6.07, 6.45) is 2.60. The largest absolute Gasteiger partial charge is 0.497 e. The van der Waals surface area contributed by atoms with Crippen LogP contribution in [0.4, 0.5) is 0 Å². The van der Waals surface area contributed by atoms with Gasteiger partial charge in [0, 0.05) is 12.7 Å². The predicted molar refractivity (Wildman–Crippen MR) is 85.4 cm³/mol. The molecule has 1 aliphatic heterocycles. The molecule has 2 aromatic rings. The van der Waals surface area contributed by atoms with E-state index in [0.717, 1.165) is 30.1 Å². The summed E-state index contributed by atoms with van der Waals surface area (Å²) < 4.78 is 12.5. The third kappa shape index (κ3) is 3.37. The zero-order valence-electron chi connectivity index (χ0n) is 13.4. The fourth-order valence-electron chi connectivity index (χ4n) is 2.69. The smallest absolute Gasteiger partial charge is 0.271 e. The molecular formula is C17H21N3O3. The van der Waals surface area contributed by atoms with Crippen LogP contribution in [0.25, 0.3) is 0 Å². The van der Waals surface area contributed by atoms with Gasteiger partial charge in [0.25, 0.3) is 5.91 Å². The minimum Gasteiger partial charge on any atom is -0.497 e. The summed E-state index contributed by atoms with van der Waals surface area (Å²) in [7, 11) is 1.64. The quantitative estimate of drug-likeness (QED) is 0.919. The lowest BCUT2D eigenvalue weighted by atomic mass is 10.0. The number of aromatic nitrogens is 2. The molecule has 0 aliphatic carbocycles. The maximum Gasteiger partial charge on any atom is 0.271 e. The number of amides is 1. The van der Waals surface area contributed by atoms with E-state index in [4.69, 9.17) is 9.47 Å². The van der Waals surface area contributed by atoms with E-state index in [1.807, 2.05) is 35.8 Å². The SMILES string of the molecule is CC[C@H](NC(=O)c1cn2c(n1)COCC2)c1ccc(OC)cc1. The number of imidazole rings is 1. The van der Waals surface area contributed by atoms with Gasteiger partial charge in [-0.1, -0.05) is 19.1 Å². The van der Waals surface area contributed by atoms with Gasteiger partial charge in [0.2, 0.25) is 0 Å². The molecule has 0 saturated carbocycles. The molecule has 6 nitrogen and oxygen atoms in total. The maximum absolute atomic E-state index is 12.5. The minimum atomic E-state index is -0.158. The number of benzene rings is 1. The van der Waals surface area contributed by atoms with Crippen LogP contribution in [-0.2, 0) is 17.9 Å². The molecule has 0 radical (unpaired) electrons. The van der Waals surface area contributed by atoms with Crippen LogP contribution in [0, 0.1) is 0 Å². The zero-order chi connectivity index (χ0) is 16.2. The Kier molecular flexibility index (Phi) is 4.62. The number of carbonyl (C=O) groups excluding carboxylic acids is 1. The van der Waals surface area contributed by atoms with Gasteiger partial charge in [0.05, 0.1) is 19.8 Å². The average molecular weight is 315 g/mol. The molecule has 23 heavy (non-hydrogen) atoms. The van der Waals surface area contributed by atoms with Gasteiger partial charge in [-0.15, -0.1) is 0 Å². The van der Waals surface area contributed by atoms with Crippen molar-refractivity contribution in [3.05, 3.63) is 47.5 Å². The second-order valence-electron chi connectivity index (χ2n) is 5.50. The van der Waals surface area contributed by atoms with E-state index in [-0.39, 0.29) is 11.9 Å². The van der Waals surface area contributed by atoms with Crippen LogP contribution in [0.3, 0.4) is 0 Å². The number of rotatable bonds is 5. The van der Waals surface area contributed by atoms with Gasteiger partial charge in [-0.05, 0) is 24.1 Å². The molecule has 1 N–H and O–H groups in total. The molecule has 3 rings (SSSR count). The van der Waals surface area contributed by atoms with Crippen LogP contribution in [0.15, 0.2) is 30.5 Å². The first-order valence-corrected chi connectivity index (χ1v) is 7.80. The van der Waals surface area contributed by atoms with Gasteiger partial charge in [-0.3, -0.25) is 4.79 Å². The van der Waals surface area contributed by atoms with Crippen molar-refractivity contribution in [2.45, 2.75) is 32.5 Å². The second kappa shape index (κ2) is 6.83. The third-order valence-electron chi connectivity index (χ3n) is 4.03. The number of nitrogens with one attached hydrogen (secondary N) is 1. The third-order valence-corrected chi connectivity index (χ3v) is 4.03. The van der Waals surface area contributed by atoms with E-state index in [0.29, 0.717) is 18.9 Å². The molecule has 0 fully saturated rings. The normalized spacial score (nSPS) is 14.9.